The number of hydrazone groups is 1. The van der Waals surface area contributed by atoms with Crippen molar-refractivity contribution < 1.29 is 13.9 Å². The summed E-state index contributed by atoms with van der Waals surface area (Å²) in [6.45, 7) is 3.02. The van der Waals surface area contributed by atoms with Crippen LogP contribution in [-0.4, -0.2) is 24.8 Å². The summed E-state index contributed by atoms with van der Waals surface area (Å²) in [6, 6.07) is 4.41. The van der Waals surface area contributed by atoms with Gasteiger partial charge in [0.25, 0.3) is 5.91 Å². The number of hydrogen-bond acceptors (Lipinski definition) is 3. The van der Waals surface area contributed by atoms with E-state index in [-0.39, 0.29) is 17.6 Å². The number of halogens is 1. The fourth-order valence-corrected chi connectivity index (χ4v) is 2.52. The first-order chi connectivity index (χ1) is 9.16. The Balaban J connectivity index is 1.98. The van der Waals surface area contributed by atoms with Gasteiger partial charge in [-0.15, -0.1) is 0 Å². The van der Waals surface area contributed by atoms with Gasteiger partial charge in [0.05, 0.1) is 23.9 Å². The molecule has 0 bridgehead atoms. The van der Waals surface area contributed by atoms with Gasteiger partial charge in [-0.2, -0.15) is 10.1 Å². The molecular formula is C14H15FN2O2. The van der Waals surface area contributed by atoms with Crippen LogP contribution in [-0.2, 0) is 9.53 Å². The van der Waals surface area contributed by atoms with Crippen LogP contribution in [0.5, 0.6) is 0 Å². The average molecular weight is 262 g/mol. The van der Waals surface area contributed by atoms with Gasteiger partial charge < -0.3 is 4.74 Å². The Morgan fingerprint density at radius 2 is 2.26 bits per heavy atom. The van der Waals surface area contributed by atoms with Crippen molar-refractivity contribution in [2.24, 2.45) is 11.0 Å². The van der Waals surface area contributed by atoms with E-state index in [1.54, 1.807) is 6.07 Å². The highest BCUT2D eigenvalue weighted by molar-refractivity contribution is 6.15. The lowest BCUT2D eigenvalue weighted by Crippen LogP contribution is -2.28. The molecule has 100 valence electrons. The van der Waals surface area contributed by atoms with Crippen LogP contribution in [0, 0.1) is 18.7 Å². The number of benzene rings is 1. The van der Waals surface area contributed by atoms with Crippen LogP contribution < -0.4 is 5.01 Å². The van der Waals surface area contributed by atoms with Crippen LogP contribution in [0.4, 0.5) is 10.1 Å². The molecule has 0 radical (unpaired) electrons. The Morgan fingerprint density at radius 1 is 1.42 bits per heavy atom. The molecule has 0 spiro atoms. The predicted octanol–water partition coefficient (Wildman–Crippen LogP) is 2.26. The summed E-state index contributed by atoms with van der Waals surface area (Å²) in [5.74, 6) is -0.636. The Labute approximate surface area is 110 Å². The summed E-state index contributed by atoms with van der Waals surface area (Å²) in [6.07, 6.45) is 1.32. The molecule has 0 aliphatic carbocycles. The van der Waals surface area contributed by atoms with Gasteiger partial charge in [-0.25, -0.2) is 4.39 Å². The Bertz CT molecular complexity index is 556. The van der Waals surface area contributed by atoms with Crippen LogP contribution in [0.2, 0.25) is 0 Å². The van der Waals surface area contributed by atoms with Crippen molar-refractivity contribution in [3.8, 4) is 0 Å². The highest BCUT2D eigenvalue weighted by atomic mass is 19.1. The van der Waals surface area contributed by atoms with E-state index in [0.29, 0.717) is 31.7 Å². The molecule has 1 saturated heterocycles. The minimum atomic E-state index is -0.357. The molecule has 0 N–H and O–H groups in total. The molecule has 0 saturated carbocycles. The maximum absolute atomic E-state index is 13.4. The maximum atomic E-state index is 13.4. The van der Waals surface area contributed by atoms with Crippen LogP contribution in [0.1, 0.15) is 18.4 Å². The highest BCUT2D eigenvalue weighted by Gasteiger charge is 2.37. The number of anilines is 1. The molecule has 2 heterocycles. The van der Waals surface area contributed by atoms with Gasteiger partial charge in [0, 0.05) is 13.0 Å². The van der Waals surface area contributed by atoms with E-state index in [2.05, 4.69) is 5.10 Å². The Morgan fingerprint density at radius 3 is 3.11 bits per heavy atom. The molecule has 1 aromatic carbocycles. The van der Waals surface area contributed by atoms with Gasteiger partial charge in [0.1, 0.15) is 5.82 Å². The maximum Gasteiger partial charge on any atom is 0.256 e. The molecule has 1 unspecified atom stereocenters. The first-order valence-electron chi connectivity index (χ1n) is 6.42. The Hall–Kier alpha value is -1.75. The molecule has 0 aromatic heterocycles. The zero-order valence-corrected chi connectivity index (χ0v) is 10.7. The quantitative estimate of drug-likeness (QED) is 0.779. The molecule has 1 aromatic rings. The lowest BCUT2D eigenvalue weighted by Gasteiger charge is -2.16. The number of hydrogen-bond donors (Lipinski definition) is 0. The van der Waals surface area contributed by atoms with Gasteiger partial charge in [0.2, 0.25) is 0 Å². The molecule has 19 heavy (non-hydrogen) atoms. The van der Waals surface area contributed by atoms with Crippen molar-refractivity contribution >= 4 is 17.3 Å². The number of nitrogens with zero attached hydrogens (tertiary/aromatic N) is 2. The summed E-state index contributed by atoms with van der Waals surface area (Å²) in [5, 5.41) is 5.73. The average Bonchev–Trinajstić information content (AvgIpc) is 2.59. The van der Waals surface area contributed by atoms with E-state index < -0.39 is 0 Å². The first-order valence-corrected chi connectivity index (χ1v) is 6.42. The number of aryl methyl sites for hydroxylation is 1. The zero-order valence-electron chi connectivity index (χ0n) is 10.7. The monoisotopic (exact) mass is 262 g/mol. The normalized spacial score (nSPS) is 23.1. The number of rotatable bonds is 1. The van der Waals surface area contributed by atoms with E-state index in [1.165, 1.54) is 17.1 Å². The Kier molecular flexibility index (Phi) is 3.06. The molecule has 3 rings (SSSR count). The standard InChI is InChI=1S/C14H15FN2O2/c1-9-2-3-10(15)8-13(9)17-14(18)11-4-6-19-7-5-12(11)16-17/h2-3,8,11H,4-7H2,1H3. The van der Waals surface area contributed by atoms with Crippen LogP contribution in [0.3, 0.4) is 0 Å². The van der Waals surface area contributed by atoms with E-state index in [4.69, 9.17) is 4.74 Å². The van der Waals surface area contributed by atoms with Crippen LogP contribution >= 0.6 is 0 Å². The van der Waals surface area contributed by atoms with E-state index >= 15 is 0 Å². The lowest BCUT2D eigenvalue weighted by atomic mass is 9.98. The van der Waals surface area contributed by atoms with Gasteiger partial charge in [-0.1, -0.05) is 6.07 Å². The second-order valence-electron chi connectivity index (χ2n) is 4.88. The summed E-state index contributed by atoms with van der Waals surface area (Å²) in [7, 11) is 0. The van der Waals surface area contributed by atoms with Crippen LogP contribution in [0.15, 0.2) is 23.3 Å². The number of fused-ring (bicyclic) bond motifs is 1. The van der Waals surface area contributed by atoms with Crippen molar-refractivity contribution in [2.75, 3.05) is 18.2 Å². The van der Waals surface area contributed by atoms with Gasteiger partial charge >= 0.3 is 0 Å². The van der Waals surface area contributed by atoms with Gasteiger partial charge in [-0.05, 0) is 31.0 Å². The first kappa shape index (κ1) is 12.3. The van der Waals surface area contributed by atoms with Crippen molar-refractivity contribution in [2.45, 2.75) is 19.8 Å². The van der Waals surface area contributed by atoms with Crippen LogP contribution in [0.25, 0.3) is 0 Å². The van der Waals surface area contributed by atoms with Gasteiger partial charge in [-0.3, -0.25) is 4.79 Å². The summed E-state index contributed by atoms with van der Waals surface area (Å²) >= 11 is 0. The number of ether oxygens (including phenoxy) is 1. The summed E-state index contributed by atoms with van der Waals surface area (Å²) in [4.78, 5) is 12.4. The molecule has 4 nitrogen and oxygen atoms in total. The second-order valence-corrected chi connectivity index (χ2v) is 4.88. The van der Waals surface area contributed by atoms with Crippen molar-refractivity contribution in [3.63, 3.8) is 0 Å². The largest absolute Gasteiger partial charge is 0.381 e. The fraction of sp³-hybridized carbons (Fsp3) is 0.429. The highest BCUT2D eigenvalue weighted by Crippen LogP contribution is 2.30. The topological polar surface area (TPSA) is 41.9 Å². The third-order valence-corrected chi connectivity index (χ3v) is 3.59. The SMILES string of the molecule is Cc1ccc(F)cc1N1N=C2CCOCCC2C1=O. The third-order valence-electron chi connectivity index (χ3n) is 3.59. The number of carbonyl (C=O) groups is 1. The van der Waals surface area contributed by atoms with Crippen molar-refractivity contribution in [1.29, 1.82) is 0 Å². The second kappa shape index (κ2) is 4.74. The molecule has 2 aliphatic heterocycles. The molecule has 2 aliphatic rings. The smallest absolute Gasteiger partial charge is 0.256 e. The van der Waals surface area contributed by atoms with E-state index in [0.717, 1.165) is 11.3 Å². The summed E-state index contributed by atoms with van der Waals surface area (Å²) in [5.41, 5.74) is 2.23. The number of carbonyl (C=O) groups excluding carboxylic acids is 1. The fourth-order valence-electron chi connectivity index (χ4n) is 2.52. The van der Waals surface area contributed by atoms with Crippen molar-refractivity contribution in [1.82, 2.24) is 0 Å². The third kappa shape index (κ3) is 2.14. The van der Waals surface area contributed by atoms with Crippen molar-refractivity contribution in [3.05, 3.63) is 29.6 Å². The minimum absolute atomic E-state index is 0.0748. The predicted molar refractivity (Wildman–Crippen MR) is 69.6 cm³/mol. The molecular weight excluding hydrogens is 247 g/mol. The molecule has 1 fully saturated rings. The lowest BCUT2D eigenvalue weighted by molar-refractivity contribution is -0.120. The number of amides is 1. The molecule has 1 atom stereocenters. The molecule has 1 amide bonds. The zero-order chi connectivity index (χ0) is 13.4. The van der Waals surface area contributed by atoms with E-state index in [9.17, 15) is 9.18 Å². The van der Waals surface area contributed by atoms with Gasteiger partial charge in [0.15, 0.2) is 0 Å². The van der Waals surface area contributed by atoms with E-state index in [1.807, 2.05) is 6.92 Å². The molecule has 5 heteroatoms. The summed E-state index contributed by atoms with van der Waals surface area (Å²) < 4.78 is 18.7. The minimum Gasteiger partial charge on any atom is -0.381 e.